The summed E-state index contributed by atoms with van der Waals surface area (Å²) < 4.78 is 2.01. The van der Waals surface area contributed by atoms with Gasteiger partial charge in [-0.05, 0) is 37.9 Å². The van der Waals surface area contributed by atoms with Gasteiger partial charge in [0.15, 0.2) is 0 Å². The van der Waals surface area contributed by atoms with Gasteiger partial charge in [0.25, 0.3) is 0 Å². The summed E-state index contributed by atoms with van der Waals surface area (Å²) in [7, 11) is 0. The molecule has 2 atom stereocenters. The number of hydrogen-bond donors (Lipinski definition) is 1. The number of aliphatic carboxylic acids is 1. The Bertz CT molecular complexity index is 452. The molecule has 1 aromatic rings. The Morgan fingerprint density at radius 1 is 1.39 bits per heavy atom. The molecular formula is C13H18N2O2S. The van der Waals surface area contributed by atoms with Crippen molar-refractivity contribution >= 4 is 17.7 Å². The zero-order valence-electron chi connectivity index (χ0n) is 10.3. The maximum Gasteiger partial charge on any atom is 0.326 e. The van der Waals surface area contributed by atoms with Gasteiger partial charge in [0.2, 0.25) is 0 Å². The standard InChI is InChI=1S/C13H18N2O2S/c16-13(17)10-5-3-4-9-8-14-12(15(9)10)11-6-1-2-7-18-11/h8,10-11H,1-7H2,(H,16,17). The first kappa shape index (κ1) is 12.1. The third kappa shape index (κ3) is 2.05. The molecule has 2 unspecified atom stereocenters. The highest BCUT2D eigenvalue weighted by Crippen LogP contribution is 2.40. The van der Waals surface area contributed by atoms with Crippen molar-refractivity contribution in [2.45, 2.75) is 49.8 Å². The van der Waals surface area contributed by atoms with Gasteiger partial charge in [0.1, 0.15) is 11.9 Å². The molecular weight excluding hydrogens is 248 g/mol. The van der Waals surface area contributed by atoms with Crippen LogP contribution in [0, 0.1) is 0 Å². The Balaban J connectivity index is 1.96. The maximum absolute atomic E-state index is 11.4. The summed E-state index contributed by atoms with van der Waals surface area (Å²) in [6, 6.07) is -0.395. The van der Waals surface area contributed by atoms with Gasteiger partial charge in [-0.1, -0.05) is 6.42 Å². The van der Waals surface area contributed by atoms with Gasteiger partial charge in [-0.25, -0.2) is 9.78 Å². The highest BCUT2D eigenvalue weighted by Gasteiger charge is 2.31. The van der Waals surface area contributed by atoms with Crippen molar-refractivity contribution in [3.63, 3.8) is 0 Å². The molecule has 2 aliphatic rings. The summed E-state index contributed by atoms with van der Waals surface area (Å²) in [4.78, 5) is 15.9. The van der Waals surface area contributed by atoms with E-state index in [0.717, 1.165) is 37.2 Å². The molecule has 98 valence electrons. The first-order chi connectivity index (χ1) is 8.77. The average molecular weight is 266 g/mol. The van der Waals surface area contributed by atoms with E-state index < -0.39 is 12.0 Å². The summed E-state index contributed by atoms with van der Waals surface area (Å²) in [5.74, 6) is 1.46. The van der Waals surface area contributed by atoms with Crippen LogP contribution in [0.1, 0.15) is 54.9 Å². The number of thioether (sulfide) groups is 1. The Hall–Kier alpha value is -0.970. The van der Waals surface area contributed by atoms with E-state index in [1.807, 2.05) is 22.5 Å². The first-order valence-electron chi connectivity index (χ1n) is 6.68. The fourth-order valence-corrected chi connectivity index (χ4v) is 4.29. The van der Waals surface area contributed by atoms with Crippen LogP contribution in [0.5, 0.6) is 0 Å². The zero-order chi connectivity index (χ0) is 12.5. The minimum absolute atomic E-state index is 0.395. The van der Waals surface area contributed by atoms with Gasteiger partial charge in [-0.15, -0.1) is 0 Å². The third-order valence-electron chi connectivity index (χ3n) is 3.88. The molecule has 0 aliphatic carbocycles. The minimum atomic E-state index is -0.712. The van der Waals surface area contributed by atoms with Crippen molar-refractivity contribution in [3.05, 3.63) is 17.7 Å². The smallest absolute Gasteiger partial charge is 0.326 e. The summed E-state index contributed by atoms with van der Waals surface area (Å²) in [6.45, 7) is 0. The van der Waals surface area contributed by atoms with Gasteiger partial charge in [-0.2, -0.15) is 11.8 Å². The quantitative estimate of drug-likeness (QED) is 0.894. The molecule has 0 amide bonds. The Kier molecular flexibility index (Phi) is 3.33. The Labute approximate surface area is 111 Å². The number of carboxylic acids is 1. The van der Waals surface area contributed by atoms with Gasteiger partial charge in [0, 0.05) is 11.9 Å². The van der Waals surface area contributed by atoms with Gasteiger partial charge < -0.3 is 9.67 Å². The number of nitrogens with zero attached hydrogens (tertiary/aromatic N) is 2. The molecule has 1 saturated heterocycles. The molecule has 3 rings (SSSR count). The molecule has 3 heterocycles. The van der Waals surface area contributed by atoms with Gasteiger partial charge in [0.05, 0.1) is 5.25 Å². The summed E-state index contributed by atoms with van der Waals surface area (Å²) in [5.41, 5.74) is 1.11. The highest BCUT2D eigenvalue weighted by molar-refractivity contribution is 7.99. The lowest BCUT2D eigenvalue weighted by Crippen LogP contribution is -2.27. The predicted octanol–water partition coefficient (Wildman–Crippen LogP) is 2.80. The lowest BCUT2D eigenvalue weighted by molar-refractivity contribution is -0.141. The van der Waals surface area contributed by atoms with Crippen molar-refractivity contribution < 1.29 is 9.90 Å². The number of aryl methyl sites for hydroxylation is 1. The summed E-state index contributed by atoms with van der Waals surface area (Å²) in [6.07, 6.45) is 8.19. The minimum Gasteiger partial charge on any atom is -0.480 e. The number of carbonyl (C=O) groups is 1. The second-order valence-electron chi connectivity index (χ2n) is 5.08. The van der Waals surface area contributed by atoms with Crippen molar-refractivity contribution in [1.82, 2.24) is 9.55 Å². The lowest BCUT2D eigenvalue weighted by atomic mass is 10.0. The third-order valence-corrected chi connectivity index (χ3v) is 5.25. The second kappa shape index (κ2) is 4.96. The number of imidazole rings is 1. The van der Waals surface area contributed by atoms with E-state index in [1.54, 1.807) is 0 Å². The van der Waals surface area contributed by atoms with E-state index in [4.69, 9.17) is 0 Å². The second-order valence-corrected chi connectivity index (χ2v) is 6.39. The van der Waals surface area contributed by atoms with Crippen LogP contribution in [-0.4, -0.2) is 26.4 Å². The molecule has 1 aromatic heterocycles. The zero-order valence-corrected chi connectivity index (χ0v) is 11.2. The molecule has 0 spiro atoms. The predicted molar refractivity (Wildman–Crippen MR) is 70.9 cm³/mol. The summed E-state index contributed by atoms with van der Waals surface area (Å²) in [5, 5.41) is 9.77. The Morgan fingerprint density at radius 3 is 3.00 bits per heavy atom. The van der Waals surface area contributed by atoms with Crippen LogP contribution < -0.4 is 0 Å². The molecule has 18 heavy (non-hydrogen) atoms. The van der Waals surface area contributed by atoms with E-state index in [1.165, 1.54) is 18.6 Å². The first-order valence-corrected chi connectivity index (χ1v) is 7.72. The van der Waals surface area contributed by atoms with Crippen molar-refractivity contribution in [1.29, 1.82) is 0 Å². The van der Waals surface area contributed by atoms with Crippen LogP contribution in [0.15, 0.2) is 6.20 Å². The van der Waals surface area contributed by atoms with Crippen LogP contribution in [0.2, 0.25) is 0 Å². The monoisotopic (exact) mass is 266 g/mol. The van der Waals surface area contributed by atoms with Crippen LogP contribution in [0.3, 0.4) is 0 Å². The van der Waals surface area contributed by atoms with Crippen molar-refractivity contribution in [3.8, 4) is 0 Å². The van der Waals surface area contributed by atoms with Gasteiger partial charge >= 0.3 is 5.97 Å². The maximum atomic E-state index is 11.4. The number of carboxylic acid groups (broad SMARTS) is 1. The average Bonchev–Trinajstić information content (AvgIpc) is 2.83. The molecule has 5 heteroatoms. The SMILES string of the molecule is O=C(O)C1CCCc2cnc(C3CCCCS3)n21. The van der Waals surface area contributed by atoms with E-state index >= 15 is 0 Å². The normalized spacial score (nSPS) is 27.8. The molecule has 1 fully saturated rings. The topological polar surface area (TPSA) is 55.1 Å². The molecule has 4 nitrogen and oxygen atoms in total. The number of rotatable bonds is 2. The molecule has 0 saturated carbocycles. The van der Waals surface area contributed by atoms with E-state index in [0.29, 0.717) is 5.25 Å². The highest BCUT2D eigenvalue weighted by atomic mass is 32.2. The number of hydrogen-bond acceptors (Lipinski definition) is 3. The van der Waals surface area contributed by atoms with E-state index in [-0.39, 0.29) is 0 Å². The van der Waals surface area contributed by atoms with Crippen molar-refractivity contribution in [2.75, 3.05) is 5.75 Å². The molecule has 0 bridgehead atoms. The molecule has 0 aromatic carbocycles. The molecule has 0 radical (unpaired) electrons. The molecule has 1 N–H and O–H groups in total. The molecule has 2 aliphatic heterocycles. The fourth-order valence-electron chi connectivity index (χ4n) is 2.98. The summed E-state index contributed by atoms with van der Waals surface area (Å²) >= 11 is 1.93. The largest absolute Gasteiger partial charge is 0.480 e. The number of fused-ring (bicyclic) bond motifs is 1. The van der Waals surface area contributed by atoms with Crippen LogP contribution in [-0.2, 0) is 11.2 Å². The Morgan fingerprint density at radius 2 is 2.28 bits per heavy atom. The van der Waals surface area contributed by atoms with Crippen LogP contribution >= 0.6 is 11.8 Å². The fraction of sp³-hybridized carbons (Fsp3) is 0.692. The lowest BCUT2D eigenvalue weighted by Gasteiger charge is -2.28. The van der Waals surface area contributed by atoms with Crippen LogP contribution in [0.4, 0.5) is 0 Å². The van der Waals surface area contributed by atoms with Crippen molar-refractivity contribution in [2.24, 2.45) is 0 Å². The number of aromatic nitrogens is 2. The van der Waals surface area contributed by atoms with E-state index in [9.17, 15) is 9.90 Å². The van der Waals surface area contributed by atoms with Gasteiger partial charge in [-0.3, -0.25) is 0 Å². The van der Waals surface area contributed by atoms with Crippen LogP contribution in [0.25, 0.3) is 0 Å². The van der Waals surface area contributed by atoms with E-state index in [2.05, 4.69) is 4.98 Å².